The summed E-state index contributed by atoms with van der Waals surface area (Å²) in [5.74, 6) is 0.503. The minimum absolute atomic E-state index is 0.0580. The van der Waals surface area contributed by atoms with Gasteiger partial charge in [0.1, 0.15) is 0 Å². The van der Waals surface area contributed by atoms with Crippen LogP contribution in [0.5, 0.6) is 0 Å². The van der Waals surface area contributed by atoms with E-state index in [1.807, 2.05) is 0 Å². The van der Waals surface area contributed by atoms with Crippen molar-refractivity contribution in [1.29, 1.82) is 0 Å². The van der Waals surface area contributed by atoms with E-state index in [2.05, 4.69) is 11.8 Å². The van der Waals surface area contributed by atoms with Crippen LogP contribution >= 0.6 is 0 Å². The Balaban J connectivity index is 1.69. The number of ether oxygens (including phenoxy) is 1. The molecule has 18 heavy (non-hydrogen) atoms. The van der Waals surface area contributed by atoms with E-state index < -0.39 is 0 Å². The molecule has 0 aromatic heterocycles. The SMILES string of the molecule is CC1CCCCC1OCCN1CCCC1C(N)=O. The molecule has 2 rings (SSSR count). The van der Waals surface area contributed by atoms with Crippen LogP contribution in [0.1, 0.15) is 45.4 Å². The van der Waals surface area contributed by atoms with Crippen molar-refractivity contribution in [2.45, 2.75) is 57.6 Å². The van der Waals surface area contributed by atoms with Crippen LogP contribution in [0, 0.1) is 5.92 Å². The maximum absolute atomic E-state index is 11.3. The molecule has 1 aliphatic heterocycles. The molecule has 1 aliphatic carbocycles. The normalized spacial score (nSPS) is 33.7. The third-order valence-electron chi connectivity index (χ3n) is 4.44. The molecule has 104 valence electrons. The second-order valence-corrected chi connectivity index (χ2v) is 5.77. The van der Waals surface area contributed by atoms with Crippen LogP contribution in [-0.2, 0) is 9.53 Å². The molecule has 1 heterocycles. The molecule has 2 aliphatic rings. The number of hydrogen-bond acceptors (Lipinski definition) is 3. The molecule has 3 unspecified atom stereocenters. The van der Waals surface area contributed by atoms with Crippen molar-refractivity contribution in [1.82, 2.24) is 4.90 Å². The van der Waals surface area contributed by atoms with E-state index >= 15 is 0 Å². The lowest BCUT2D eigenvalue weighted by atomic mass is 9.88. The van der Waals surface area contributed by atoms with Gasteiger partial charge in [-0.2, -0.15) is 0 Å². The molecule has 3 atom stereocenters. The molecule has 0 bridgehead atoms. The van der Waals surface area contributed by atoms with Gasteiger partial charge in [0.15, 0.2) is 0 Å². The summed E-state index contributed by atoms with van der Waals surface area (Å²) in [5.41, 5.74) is 5.40. The highest BCUT2D eigenvalue weighted by Gasteiger charge is 2.29. The number of amides is 1. The highest BCUT2D eigenvalue weighted by atomic mass is 16.5. The average Bonchev–Trinajstić information content (AvgIpc) is 2.80. The van der Waals surface area contributed by atoms with Gasteiger partial charge in [0.25, 0.3) is 0 Å². The molecular formula is C14H26N2O2. The lowest BCUT2D eigenvalue weighted by Gasteiger charge is -2.30. The molecule has 2 N–H and O–H groups in total. The lowest BCUT2D eigenvalue weighted by molar-refractivity contribution is -0.122. The van der Waals surface area contributed by atoms with Crippen LogP contribution in [0.2, 0.25) is 0 Å². The Morgan fingerprint density at radius 1 is 1.28 bits per heavy atom. The van der Waals surface area contributed by atoms with Crippen molar-refractivity contribution in [3.8, 4) is 0 Å². The largest absolute Gasteiger partial charge is 0.377 e. The van der Waals surface area contributed by atoms with Crippen LogP contribution in [0.25, 0.3) is 0 Å². The van der Waals surface area contributed by atoms with Crippen molar-refractivity contribution in [3.63, 3.8) is 0 Å². The van der Waals surface area contributed by atoms with Gasteiger partial charge in [0.2, 0.25) is 5.91 Å². The zero-order valence-corrected chi connectivity index (χ0v) is 11.4. The van der Waals surface area contributed by atoms with Gasteiger partial charge >= 0.3 is 0 Å². The van der Waals surface area contributed by atoms with Crippen LogP contribution in [-0.4, -0.2) is 42.6 Å². The molecule has 1 saturated heterocycles. The van der Waals surface area contributed by atoms with Crippen molar-refractivity contribution < 1.29 is 9.53 Å². The van der Waals surface area contributed by atoms with Gasteiger partial charge in [0, 0.05) is 6.54 Å². The third kappa shape index (κ3) is 3.45. The lowest BCUT2D eigenvalue weighted by Crippen LogP contribution is -2.42. The van der Waals surface area contributed by atoms with E-state index in [0.29, 0.717) is 12.0 Å². The fourth-order valence-electron chi connectivity index (χ4n) is 3.27. The molecule has 0 aromatic carbocycles. The van der Waals surface area contributed by atoms with Crippen LogP contribution in [0.4, 0.5) is 0 Å². The molecular weight excluding hydrogens is 228 g/mol. The smallest absolute Gasteiger partial charge is 0.234 e. The minimum Gasteiger partial charge on any atom is -0.377 e. The molecule has 2 fully saturated rings. The van der Waals surface area contributed by atoms with Gasteiger partial charge in [-0.1, -0.05) is 19.8 Å². The second-order valence-electron chi connectivity index (χ2n) is 5.77. The summed E-state index contributed by atoms with van der Waals surface area (Å²) in [7, 11) is 0. The number of likely N-dealkylation sites (tertiary alicyclic amines) is 1. The van der Waals surface area contributed by atoms with E-state index in [-0.39, 0.29) is 11.9 Å². The number of primary amides is 1. The summed E-state index contributed by atoms with van der Waals surface area (Å²) >= 11 is 0. The number of rotatable bonds is 5. The monoisotopic (exact) mass is 254 g/mol. The fourth-order valence-corrected chi connectivity index (χ4v) is 3.27. The third-order valence-corrected chi connectivity index (χ3v) is 4.44. The first-order valence-electron chi connectivity index (χ1n) is 7.33. The average molecular weight is 254 g/mol. The van der Waals surface area contributed by atoms with Crippen LogP contribution < -0.4 is 5.73 Å². The van der Waals surface area contributed by atoms with Gasteiger partial charge in [-0.3, -0.25) is 9.69 Å². The van der Waals surface area contributed by atoms with Crippen LogP contribution in [0.15, 0.2) is 0 Å². The van der Waals surface area contributed by atoms with Crippen molar-refractivity contribution >= 4 is 5.91 Å². The first kappa shape index (κ1) is 13.8. The zero-order valence-electron chi connectivity index (χ0n) is 11.4. The Kier molecular flexibility index (Phi) is 5.01. The first-order chi connectivity index (χ1) is 8.68. The van der Waals surface area contributed by atoms with E-state index in [9.17, 15) is 4.79 Å². The van der Waals surface area contributed by atoms with Gasteiger partial charge in [-0.15, -0.1) is 0 Å². The Hall–Kier alpha value is -0.610. The predicted molar refractivity (Wildman–Crippen MR) is 71.2 cm³/mol. The number of carbonyl (C=O) groups excluding carboxylic acids is 1. The number of nitrogens with two attached hydrogens (primary N) is 1. The minimum atomic E-state index is -0.182. The molecule has 4 nitrogen and oxygen atoms in total. The Bertz CT molecular complexity index is 283. The molecule has 0 aromatic rings. The molecule has 1 amide bonds. The molecule has 1 saturated carbocycles. The Morgan fingerprint density at radius 3 is 2.78 bits per heavy atom. The van der Waals surface area contributed by atoms with Gasteiger partial charge in [-0.05, 0) is 38.1 Å². The quantitative estimate of drug-likeness (QED) is 0.809. The van der Waals surface area contributed by atoms with Gasteiger partial charge < -0.3 is 10.5 Å². The van der Waals surface area contributed by atoms with Gasteiger partial charge in [0.05, 0.1) is 18.8 Å². The summed E-state index contributed by atoms with van der Waals surface area (Å²) in [6, 6.07) is -0.0580. The summed E-state index contributed by atoms with van der Waals surface area (Å²) in [5, 5.41) is 0. The standard InChI is InChI=1S/C14H26N2O2/c1-11-5-2-3-7-13(11)18-10-9-16-8-4-6-12(16)14(15)17/h11-13H,2-10H2,1H3,(H2,15,17). The molecule has 4 heteroatoms. The highest BCUT2D eigenvalue weighted by Crippen LogP contribution is 2.26. The summed E-state index contributed by atoms with van der Waals surface area (Å²) < 4.78 is 5.99. The van der Waals surface area contributed by atoms with Gasteiger partial charge in [-0.25, -0.2) is 0 Å². The molecule has 0 spiro atoms. The summed E-state index contributed by atoms with van der Waals surface area (Å²) in [4.78, 5) is 13.4. The Labute approximate surface area is 110 Å². The summed E-state index contributed by atoms with van der Waals surface area (Å²) in [6.45, 7) is 4.85. The fraction of sp³-hybridized carbons (Fsp3) is 0.929. The van der Waals surface area contributed by atoms with E-state index in [0.717, 1.165) is 32.5 Å². The maximum Gasteiger partial charge on any atom is 0.234 e. The second kappa shape index (κ2) is 6.53. The zero-order chi connectivity index (χ0) is 13.0. The number of hydrogen-bond donors (Lipinski definition) is 1. The predicted octanol–water partition coefficient (Wildman–Crippen LogP) is 1.53. The summed E-state index contributed by atoms with van der Waals surface area (Å²) in [6.07, 6.45) is 7.54. The number of carbonyl (C=O) groups is 1. The maximum atomic E-state index is 11.3. The Morgan fingerprint density at radius 2 is 2.06 bits per heavy atom. The van der Waals surface area contributed by atoms with Crippen molar-refractivity contribution in [3.05, 3.63) is 0 Å². The van der Waals surface area contributed by atoms with E-state index in [1.54, 1.807) is 0 Å². The van der Waals surface area contributed by atoms with E-state index in [1.165, 1.54) is 25.7 Å². The molecule has 0 radical (unpaired) electrons. The first-order valence-corrected chi connectivity index (χ1v) is 7.33. The van der Waals surface area contributed by atoms with Crippen LogP contribution in [0.3, 0.4) is 0 Å². The van der Waals surface area contributed by atoms with Crippen molar-refractivity contribution in [2.24, 2.45) is 11.7 Å². The van der Waals surface area contributed by atoms with Crippen molar-refractivity contribution in [2.75, 3.05) is 19.7 Å². The highest BCUT2D eigenvalue weighted by molar-refractivity contribution is 5.80. The number of nitrogens with zero attached hydrogens (tertiary/aromatic N) is 1. The topological polar surface area (TPSA) is 55.6 Å². The van der Waals surface area contributed by atoms with E-state index in [4.69, 9.17) is 10.5 Å².